The van der Waals surface area contributed by atoms with Crippen molar-refractivity contribution in [2.24, 2.45) is 23.0 Å². The number of nitrogens with one attached hydrogen (secondary N) is 1. The zero-order valence-electron chi connectivity index (χ0n) is 12.8. The minimum Gasteiger partial charge on any atom is -0.330 e. The smallest absolute Gasteiger partial charge is 0.00122 e. The van der Waals surface area contributed by atoms with Crippen LogP contribution in [0.5, 0.6) is 0 Å². The van der Waals surface area contributed by atoms with Crippen LogP contribution in [0.1, 0.15) is 40.0 Å². The second-order valence-electron chi connectivity index (χ2n) is 6.90. The number of rotatable bonds is 7. The Labute approximate surface area is 113 Å². The highest BCUT2D eigenvalue weighted by Gasteiger charge is 2.31. The first-order chi connectivity index (χ1) is 8.45. The molecule has 0 aromatic rings. The van der Waals surface area contributed by atoms with Crippen molar-refractivity contribution in [3.63, 3.8) is 0 Å². The third-order valence-electron chi connectivity index (χ3n) is 4.46. The molecule has 3 heteroatoms. The fourth-order valence-electron chi connectivity index (χ4n) is 2.98. The Bertz CT molecular complexity index is 228. The Morgan fingerprint density at radius 2 is 2.17 bits per heavy atom. The average molecular weight is 255 g/mol. The standard InChI is InChI=1S/C15H33N3/c1-13(7-8-16)10-17-12-15(2,3)14-6-5-9-18(4)11-14/h13-14,17H,5-12,16H2,1-4H3. The van der Waals surface area contributed by atoms with E-state index in [1.807, 2.05) is 0 Å². The molecule has 1 rings (SSSR count). The van der Waals surface area contributed by atoms with Gasteiger partial charge in [-0.05, 0) is 63.2 Å². The summed E-state index contributed by atoms with van der Waals surface area (Å²) in [6, 6.07) is 0. The summed E-state index contributed by atoms with van der Waals surface area (Å²) in [5.74, 6) is 1.52. The minimum absolute atomic E-state index is 0.400. The molecule has 3 nitrogen and oxygen atoms in total. The SMILES string of the molecule is CC(CCN)CNCC(C)(C)C1CCCN(C)C1. The highest BCUT2D eigenvalue weighted by Crippen LogP contribution is 2.32. The first-order valence-electron chi connectivity index (χ1n) is 7.55. The van der Waals surface area contributed by atoms with Gasteiger partial charge in [-0.1, -0.05) is 20.8 Å². The predicted molar refractivity (Wildman–Crippen MR) is 79.7 cm³/mol. The first-order valence-corrected chi connectivity index (χ1v) is 7.55. The zero-order valence-corrected chi connectivity index (χ0v) is 12.8. The van der Waals surface area contributed by atoms with E-state index in [0.29, 0.717) is 11.3 Å². The van der Waals surface area contributed by atoms with Gasteiger partial charge in [-0.25, -0.2) is 0 Å². The van der Waals surface area contributed by atoms with Gasteiger partial charge in [0.25, 0.3) is 0 Å². The molecule has 0 spiro atoms. The Balaban J connectivity index is 2.30. The van der Waals surface area contributed by atoms with Gasteiger partial charge in [0, 0.05) is 13.1 Å². The van der Waals surface area contributed by atoms with Crippen molar-refractivity contribution >= 4 is 0 Å². The van der Waals surface area contributed by atoms with Crippen LogP contribution >= 0.6 is 0 Å². The molecule has 0 bridgehead atoms. The molecule has 0 aliphatic carbocycles. The lowest BCUT2D eigenvalue weighted by Gasteiger charge is -2.40. The highest BCUT2D eigenvalue weighted by molar-refractivity contribution is 4.85. The summed E-state index contributed by atoms with van der Waals surface area (Å²) in [6.07, 6.45) is 3.87. The quantitative estimate of drug-likeness (QED) is 0.730. The maximum absolute atomic E-state index is 5.59. The van der Waals surface area contributed by atoms with Gasteiger partial charge in [0.2, 0.25) is 0 Å². The van der Waals surface area contributed by atoms with E-state index in [1.165, 1.54) is 25.9 Å². The molecule has 1 aliphatic heterocycles. The third kappa shape index (κ3) is 5.25. The van der Waals surface area contributed by atoms with Crippen molar-refractivity contribution in [3.05, 3.63) is 0 Å². The number of nitrogens with two attached hydrogens (primary N) is 1. The largest absolute Gasteiger partial charge is 0.330 e. The maximum atomic E-state index is 5.59. The van der Waals surface area contributed by atoms with Crippen LogP contribution in [0, 0.1) is 17.3 Å². The van der Waals surface area contributed by atoms with Crippen LogP contribution in [0.15, 0.2) is 0 Å². The average Bonchev–Trinajstić information content (AvgIpc) is 2.29. The van der Waals surface area contributed by atoms with Gasteiger partial charge < -0.3 is 16.0 Å². The van der Waals surface area contributed by atoms with Gasteiger partial charge in [-0.3, -0.25) is 0 Å². The van der Waals surface area contributed by atoms with Crippen molar-refractivity contribution in [1.82, 2.24) is 10.2 Å². The van der Waals surface area contributed by atoms with Crippen molar-refractivity contribution < 1.29 is 0 Å². The second-order valence-corrected chi connectivity index (χ2v) is 6.90. The minimum atomic E-state index is 0.400. The Morgan fingerprint density at radius 1 is 1.44 bits per heavy atom. The number of nitrogens with zero attached hydrogens (tertiary/aromatic N) is 1. The van der Waals surface area contributed by atoms with Gasteiger partial charge in [-0.15, -0.1) is 0 Å². The van der Waals surface area contributed by atoms with Crippen molar-refractivity contribution in [1.29, 1.82) is 0 Å². The molecule has 0 amide bonds. The Morgan fingerprint density at radius 3 is 2.78 bits per heavy atom. The number of hydrogen-bond donors (Lipinski definition) is 2. The van der Waals surface area contributed by atoms with Gasteiger partial charge in [0.15, 0.2) is 0 Å². The first kappa shape index (κ1) is 15.9. The van der Waals surface area contributed by atoms with E-state index in [2.05, 4.69) is 38.0 Å². The molecule has 2 unspecified atom stereocenters. The van der Waals surface area contributed by atoms with E-state index >= 15 is 0 Å². The topological polar surface area (TPSA) is 41.3 Å². The lowest BCUT2D eigenvalue weighted by Crippen LogP contribution is -2.44. The highest BCUT2D eigenvalue weighted by atomic mass is 15.1. The van der Waals surface area contributed by atoms with Crippen LogP contribution in [0.3, 0.4) is 0 Å². The predicted octanol–water partition coefficient (Wildman–Crippen LogP) is 1.93. The summed E-state index contributed by atoms with van der Waals surface area (Å²) >= 11 is 0. The molecule has 108 valence electrons. The van der Waals surface area contributed by atoms with Crippen LogP contribution in [0.4, 0.5) is 0 Å². The van der Waals surface area contributed by atoms with Crippen LogP contribution in [-0.4, -0.2) is 44.7 Å². The zero-order chi connectivity index (χ0) is 13.6. The monoisotopic (exact) mass is 255 g/mol. The van der Waals surface area contributed by atoms with Crippen LogP contribution in [-0.2, 0) is 0 Å². The summed E-state index contributed by atoms with van der Waals surface area (Å²) in [5.41, 5.74) is 5.99. The van der Waals surface area contributed by atoms with Crippen molar-refractivity contribution in [2.75, 3.05) is 39.8 Å². The van der Waals surface area contributed by atoms with Gasteiger partial charge >= 0.3 is 0 Å². The van der Waals surface area contributed by atoms with Crippen LogP contribution in [0.25, 0.3) is 0 Å². The van der Waals surface area contributed by atoms with E-state index in [9.17, 15) is 0 Å². The molecule has 3 N–H and O–H groups in total. The lowest BCUT2D eigenvalue weighted by molar-refractivity contribution is 0.102. The summed E-state index contributed by atoms with van der Waals surface area (Å²) < 4.78 is 0. The van der Waals surface area contributed by atoms with E-state index in [-0.39, 0.29) is 0 Å². The number of piperidine rings is 1. The summed E-state index contributed by atoms with van der Waals surface area (Å²) in [6.45, 7) is 12.7. The van der Waals surface area contributed by atoms with E-state index < -0.39 is 0 Å². The molecule has 0 radical (unpaired) electrons. The van der Waals surface area contributed by atoms with E-state index in [1.54, 1.807) is 0 Å². The van der Waals surface area contributed by atoms with Gasteiger partial charge in [-0.2, -0.15) is 0 Å². The molecule has 0 aromatic carbocycles. The van der Waals surface area contributed by atoms with E-state index in [4.69, 9.17) is 5.73 Å². The Kier molecular flexibility index (Phi) is 6.61. The molecular weight excluding hydrogens is 222 g/mol. The van der Waals surface area contributed by atoms with Crippen LogP contribution in [0.2, 0.25) is 0 Å². The summed E-state index contributed by atoms with van der Waals surface area (Å²) in [4.78, 5) is 2.48. The fraction of sp³-hybridized carbons (Fsp3) is 1.00. The summed E-state index contributed by atoms with van der Waals surface area (Å²) in [5, 5.41) is 3.65. The van der Waals surface area contributed by atoms with Crippen molar-refractivity contribution in [2.45, 2.75) is 40.0 Å². The number of hydrogen-bond acceptors (Lipinski definition) is 3. The van der Waals surface area contributed by atoms with Crippen molar-refractivity contribution in [3.8, 4) is 0 Å². The molecule has 1 saturated heterocycles. The Hall–Kier alpha value is -0.120. The second kappa shape index (κ2) is 7.46. The van der Waals surface area contributed by atoms with Gasteiger partial charge in [0.1, 0.15) is 0 Å². The third-order valence-corrected chi connectivity index (χ3v) is 4.46. The normalized spacial score (nSPS) is 24.2. The molecule has 1 aliphatic rings. The molecule has 0 saturated carbocycles. The maximum Gasteiger partial charge on any atom is 0.00122 e. The fourth-order valence-corrected chi connectivity index (χ4v) is 2.98. The molecule has 0 aromatic heterocycles. The molecule has 2 atom stereocenters. The number of likely N-dealkylation sites (tertiary alicyclic amines) is 1. The molecule has 1 heterocycles. The molecule has 1 fully saturated rings. The van der Waals surface area contributed by atoms with Gasteiger partial charge in [0.05, 0.1) is 0 Å². The summed E-state index contributed by atoms with van der Waals surface area (Å²) in [7, 11) is 2.25. The van der Waals surface area contributed by atoms with Crippen LogP contribution < -0.4 is 11.1 Å². The van der Waals surface area contributed by atoms with E-state index in [0.717, 1.165) is 32.0 Å². The molecule has 18 heavy (non-hydrogen) atoms. The molecular formula is C15H33N3. The lowest BCUT2D eigenvalue weighted by atomic mass is 9.74.